The maximum Gasteiger partial charge on any atom is 0.313 e. The Bertz CT molecular complexity index is 773. The summed E-state index contributed by atoms with van der Waals surface area (Å²) in [5, 5.41) is 5.08. The number of nitrogens with zero attached hydrogens (tertiary/aromatic N) is 1. The van der Waals surface area contributed by atoms with E-state index in [2.05, 4.69) is 10.6 Å². The molecule has 1 aliphatic carbocycles. The molecule has 0 unspecified atom stereocenters. The second kappa shape index (κ2) is 6.31. The predicted molar refractivity (Wildman–Crippen MR) is 88.5 cm³/mol. The lowest BCUT2D eigenvalue weighted by atomic mass is 10.2. The lowest BCUT2D eigenvalue weighted by molar-refractivity contribution is -0.136. The van der Waals surface area contributed by atoms with E-state index in [4.69, 9.17) is 4.74 Å². The van der Waals surface area contributed by atoms with Crippen LogP contribution in [0.5, 0.6) is 5.75 Å². The van der Waals surface area contributed by atoms with Gasteiger partial charge in [0, 0.05) is 12.6 Å². The molecule has 3 rings (SSSR count). The van der Waals surface area contributed by atoms with Crippen LogP contribution in [0.15, 0.2) is 18.2 Å². The molecule has 0 spiro atoms. The van der Waals surface area contributed by atoms with Crippen LogP contribution in [-0.2, 0) is 19.6 Å². The van der Waals surface area contributed by atoms with Gasteiger partial charge in [-0.1, -0.05) is 0 Å². The van der Waals surface area contributed by atoms with E-state index < -0.39 is 21.8 Å². The Morgan fingerprint density at radius 1 is 1.25 bits per heavy atom. The number of anilines is 2. The third-order valence-electron chi connectivity index (χ3n) is 3.94. The molecule has 1 saturated heterocycles. The van der Waals surface area contributed by atoms with Crippen molar-refractivity contribution >= 4 is 33.2 Å². The SMILES string of the molecule is COc1ccc(N2CCCS2(=O)=O)cc1NC(=O)C(=O)NC1CC1. The minimum atomic E-state index is -3.33. The van der Waals surface area contributed by atoms with Crippen LogP contribution in [0.25, 0.3) is 0 Å². The molecule has 0 atom stereocenters. The summed E-state index contributed by atoms with van der Waals surface area (Å²) in [5.41, 5.74) is 0.694. The fourth-order valence-electron chi connectivity index (χ4n) is 2.54. The van der Waals surface area contributed by atoms with Crippen molar-refractivity contribution in [1.29, 1.82) is 0 Å². The zero-order valence-corrected chi connectivity index (χ0v) is 14.1. The van der Waals surface area contributed by atoms with Crippen LogP contribution < -0.4 is 19.7 Å². The van der Waals surface area contributed by atoms with Gasteiger partial charge in [0.25, 0.3) is 0 Å². The van der Waals surface area contributed by atoms with Gasteiger partial charge in [0.2, 0.25) is 10.0 Å². The molecule has 1 aromatic rings. The van der Waals surface area contributed by atoms with E-state index in [1.165, 1.54) is 17.5 Å². The average Bonchev–Trinajstić information content (AvgIpc) is 3.28. The fourth-order valence-corrected chi connectivity index (χ4v) is 4.09. The first-order valence-electron chi connectivity index (χ1n) is 7.71. The molecule has 1 heterocycles. The van der Waals surface area contributed by atoms with Crippen LogP contribution in [0.2, 0.25) is 0 Å². The summed E-state index contributed by atoms with van der Waals surface area (Å²) < 4.78 is 30.5. The summed E-state index contributed by atoms with van der Waals surface area (Å²) in [6, 6.07) is 4.76. The van der Waals surface area contributed by atoms with Crippen molar-refractivity contribution < 1.29 is 22.7 Å². The van der Waals surface area contributed by atoms with Crippen molar-refractivity contribution in [1.82, 2.24) is 5.32 Å². The number of hydrogen-bond acceptors (Lipinski definition) is 5. The molecule has 2 fully saturated rings. The van der Waals surface area contributed by atoms with E-state index in [0.29, 0.717) is 24.4 Å². The molecule has 1 aliphatic heterocycles. The van der Waals surface area contributed by atoms with Gasteiger partial charge in [-0.3, -0.25) is 13.9 Å². The van der Waals surface area contributed by atoms with Crippen molar-refractivity contribution in [3.05, 3.63) is 18.2 Å². The molecule has 1 aromatic carbocycles. The Hall–Kier alpha value is -2.29. The number of ether oxygens (including phenoxy) is 1. The van der Waals surface area contributed by atoms with Crippen molar-refractivity contribution in [2.75, 3.05) is 29.0 Å². The molecule has 2 N–H and O–H groups in total. The standard InChI is InChI=1S/C15H19N3O5S/c1-23-13-6-5-11(18-7-2-8-24(18,21)22)9-12(13)17-15(20)14(19)16-10-3-4-10/h5-6,9-10H,2-4,7-8H2,1H3,(H,16,19)(H,17,20). The molecule has 2 aliphatic rings. The van der Waals surface area contributed by atoms with E-state index in [0.717, 1.165) is 12.8 Å². The van der Waals surface area contributed by atoms with Crippen molar-refractivity contribution in [2.24, 2.45) is 0 Å². The monoisotopic (exact) mass is 353 g/mol. The molecule has 24 heavy (non-hydrogen) atoms. The summed E-state index contributed by atoms with van der Waals surface area (Å²) in [6.45, 7) is 0.393. The minimum absolute atomic E-state index is 0.0752. The topological polar surface area (TPSA) is 105 Å². The largest absolute Gasteiger partial charge is 0.495 e. The highest BCUT2D eigenvalue weighted by atomic mass is 32.2. The highest BCUT2D eigenvalue weighted by Crippen LogP contribution is 2.32. The van der Waals surface area contributed by atoms with E-state index in [9.17, 15) is 18.0 Å². The quantitative estimate of drug-likeness (QED) is 0.765. The first-order valence-corrected chi connectivity index (χ1v) is 9.32. The molecule has 8 nitrogen and oxygen atoms in total. The van der Waals surface area contributed by atoms with Crippen LogP contribution in [0.3, 0.4) is 0 Å². The van der Waals surface area contributed by atoms with Gasteiger partial charge in [-0.05, 0) is 37.5 Å². The number of sulfonamides is 1. The second-order valence-electron chi connectivity index (χ2n) is 5.83. The highest BCUT2D eigenvalue weighted by molar-refractivity contribution is 7.93. The molecule has 2 amide bonds. The Morgan fingerprint density at radius 2 is 2.00 bits per heavy atom. The molecule has 0 radical (unpaired) electrons. The zero-order valence-electron chi connectivity index (χ0n) is 13.2. The van der Waals surface area contributed by atoms with Crippen LogP contribution >= 0.6 is 0 Å². The number of carbonyl (C=O) groups excluding carboxylic acids is 2. The first-order chi connectivity index (χ1) is 11.4. The number of amides is 2. The van der Waals surface area contributed by atoms with Gasteiger partial charge < -0.3 is 15.4 Å². The summed E-state index contributed by atoms with van der Waals surface area (Å²) in [5.74, 6) is -1.06. The van der Waals surface area contributed by atoms with E-state index >= 15 is 0 Å². The van der Waals surface area contributed by atoms with E-state index in [1.807, 2.05) is 0 Å². The smallest absolute Gasteiger partial charge is 0.313 e. The minimum Gasteiger partial charge on any atom is -0.495 e. The summed E-state index contributed by atoms with van der Waals surface area (Å²) in [4.78, 5) is 23.8. The maximum atomic E-state index is 12.0. The van der Waals surface area contributed by atoms with Gasteiger partial charge >= 0.3 is 11.8 Å². The van der Waals surface area contributed by atoms with Gasteiger partial charge in [0.1, 0.15) is 5.75 Å². The number of rotatable bonds is 4. The van der Waals surface area contributed by atoms with Crippen molar-refractivity contribution in [3.63, 3.8) is 0 Å². The summed E-state index contributed by atoms with van der Waals surface area (Å²) in [7, 11) is -1.90. The van der Waals surface area contributed by atoms with Crippen LogP contribution in [0.4, 0.5) is 11.4 Å². The number of carbonyl (C=O) groups is 2. The Balaban J connectivity index is 1.81. The number of nitrogens with one attached hydrogen (secondary N) is 2. The van der Waals surface area contributed by atoms with Gasteiger partial charge in [-0.25, -0.2) is 8.42 Å². The fraction of sp³-hybridized carbons (Fsp3) is 0.467. The molecule has 1 saturated carbocycles. The first kappa shape index (κ1) is 16.6. The normalized spacial score (nSPS) is 19.0. The predicted octanol–water partition coefficient (Wildman–Crippen LogP) is 0.452. The number of benzene rings is 1. The van der Waals surface area contributed by atoms with Crippen molar-refractivity contribution in [3.8, 4) is 5.75 Å². The van der Waals surface area contributed by atoms with Crippen LogP contribution in [0.1, 0.15) is 19.3 Å². The van der Waals surface area contributed by atoms with E-state index in [1.54, 1.807) is 12.1 Å². The number of hydrogen-bond donors (Lipinski definition) is 2. The van der Waals surface area contributed by atoms with Crippen LogP contribution in [-0.4, -0.2) is 45.7 Å². The Morgan fingerprint density at radius 3 is 2.58 bits per heavy atom. The molecular weight excluding hydrogens is 334 g/mol. The lowest BCUT2D eigenvalue weighted by Crippen LogP contribution is -2.36. The van der Waals surface area contributed by atoms with Crippen molar-refractivity contribution in [2.45, 2.75) is 25.3 Å². The molecule has 130 valence electrons. The van der Waals surface area contributed by atoms with E-state index in [-0.39, 0.29) is 17.5 Å². The third-order valence-corrected chi connectivity index (χ3v) is 5.81. The lowest BCUT2D eigenvalue weighted by Gasteiger charge is -2.19. The Kier molecular flexibility index (Phi) is 4.35. The average molecular weight is 353 g/mol. The molecular formula is C15H19N3O5S. The second-order valence-corrected chi connectivity index (χ2v) is 7.84. The summed E-state index contributed by atoms with van der Waals surface area (Å²) in [6.07, 6.45) is 2.31. The molecule has 0 aromatic heterocycles. The molecule has 9 heteroatoms. The third kappa shape index (κ3) is 3.45. The van der Waals surface area contributed by atoms with Gasteiger partial charge in [0.15, 0.2) is 0 Å². The van der Waals surface area contributed by atoms with Gasteiger partial charge in [-0.2, -0.15) is 0 Å². The van der Waals surface area contributed by atoms with Gasteiger partial charge in [0.05, 0.1) is 24.2 Å². The summed E-state index contributed by atoms with van der Waals surface area (Å²) >= 11 is 0. The number of methoxy groups -OCH3 is 1. The Labute approximate surface area is 140 Å². The van der Waals surface area contributed by atoms with Gasteiger partial charge in [-0.15, -0.1) is 0 Å². The zero-order chi connectivity index (χ0) is 17.3. The molecule has 0 bridgehead atoms. The van der Waals surface area contributed by atoms with Crippen LogP contribution in [0, 0.1) is 0 Å². The maximum absolute atomic E-state index is 12.0. The highest BCUT2D eigenvalue weighted by Gasteiger charge is 2.30.